The molecule has 2 N–H and O–H groups in total. The van der Waals surface area contributed by atoms with Gasteiger partial charge in [-0.1, -0.05) is 29.3 Å². The lowest BCUT2D eigenvalue weighted by molar-refractivity contribution is 0.0972. The molecule has 1 aliphatic carbocycles. The van der Waals surface area contributed by atoms with Crippen molar-refractivity contribution in [2.24, 2.45) is 0 Å². The first-order valence-electron chi connectivity index (χ1n) is 9.40. The number of aryl methyl sites for hydroxylation is 3. The number of anilines is 4. The molecule has 0 bridgehead atoms. The van der Waals surface area contributed by atoms with E-state index in [9.17, 15) is 4.79 Å². The van der Waals surface area contributed by atoms with Crippen molar-refractivity contribution in [3.05, 3.63) is 68.8 Å². The molecule has 0 fully saturated rings. The summed E-state index contributed by atoms with van der Waals surface area (Å²) in [6.07, 6.45) is 2.01. The molecule has 1 aromatic heterocycles. The average Bonchev–Trinajstić information content (AvgIpc) is 2.64. The molecule has 5 nitrogen and oxygen atoms in total. The molecule has 0 atom stereocenters. The second-order valence-corrected chi connectivity index (χ2v) is 8.07. The van der Waals surface area contributed by atoms with Crippen molar-refractivity contribution in [2.45, 2.75) is 33.1 Å². The monoisotopic (exact) mass is 426 g/mol. The summed E-state index contributed by atoms with van der Waals surface area (Å²) in [6.45, 7) is 4.13. The summed E-state index contributed by atoms with van der Waals surface area (Å²) >= 11 is 12.2. The average molecular weight is 427 g/mol. The topological polar surface area (TPSA) is 66.9 Å². The maximum absolute atomic E-state index is 12.6. The number of ketones is 1. The van der Waals surface area contributed by atoms with Gasteiger partial charge in [0.1, 0.15) is 5.82 Å². The molecule has 2 aromatic carbocycles. The Balaban J connectivity index is 1.74. The number of nitrogens with zero attached hydrogens (tertiary/aromatic N) is 2. The highest BCUT2D eigenvalue weighted by Crippen LogP contribution is 2.31. The first-order chi connectivity index (χ1) is 13.9. The fourth-order valence-electron chi connectivity index (χ4n) is 3.38. The summed E-state index contributed by atoms with van der Waals surface area (Å²) in [5, 5.41) is 7.48. The largest absolute Gasteiger partial charge is 0.339 e. The highest BCUT2D eigenvalue weighted by molar-refractivity contribution is 6.35. The maximum Gasteiger partial charge on any atom is 0.229 e. The molecule has 29 heavy (non-hydrogen) atoms. The Morgan fingerprint density at radius 2 is 1.62 bits per heavy atom. The molecular weight excluding hydrogens is 407 g/mol. The maximum atomic E-state index is 12.6. The van der Waals surface area contributed by atoms with Gasteiger partial charge in [-0.2, -0.15) is 4.98 Å². The fourth-order valence-corrected chi connectivity index (χ4v) is 3.91. The van der Waals surface area contributed by atoms with Gasteiger partial charge in [0.2, 0.25) is 5.95 Å². The molecule has 4 rings (SSSR count). The Hall–Kier alpha value is -2.63. The van der Waals surface area contributed by atoms with Crippen LogP contribution in [-0.2, 0) is 6.42 Å². The number of carbonyl (C=O) groups excluding carboxylic acids is 1. The van der Waals surface area contributed by atoms with Gasteiger partial charge < -0.3 is 10.6 Å². The predicted molar refractivity (Wildman–Crippen MR) is 118 cm³/mol. The lowest BCUT2D eigenvalue weighted by Gasteiger charge is -2.19. The number of benzene rings is 2. The van der Waals surface area contributed by atoms with Crippen LogP contribution in [0.4, 0.5) is 23.1 Å². The Morgan fingerprint density at radius 3 is 2.34 bits per heavy atom. The molecule has 0 aliphatic heterocycles. The Labute approximate surface area is 179 Å². The number of nitrogens with one attached hydrogen (secondary N) is 2. The van der Waals surface area contributed by atoms with Crippen LogP contribution in [0.2, 0.25) is 10.0 Å². The molecule has 0 radical (unpaired) electrons. The van der Waals surface area contributed by atoms with E-state index in [2.05, 4.69) is 34.4 Å². The predicted octanol–water partition coefficient (Wildman–Crippen LogP) is 6.41. The molecule has 0 saturated heterocycles. The van der Waals surface area contributed by atoms with Gasteiger partial charge in [-0.25, -0.2) is 4.98 Å². The van der Waals surface area contributed by atoms with Crippen molar-refractivity contribution < 1.29 is 4.79 Å². The van der Waals surface area contributed by atoms with Crippen molar-refractivity contribution in [1.82, 2.24) is 9.97 Å². The van der Waals surface area contributed by atoms with Crippen LogP contribution >= 0.6 is 23.2 Å². The van der Waals surface area contributed by atoms with Crippen molar-refractivity contribution in [3.8, 4) is 0 Å². The zero-order chi connectivity index (χ0) is 20.5. The van der Waals surface area contributed by atoms with E-state index in [0.29, 0.717) is 39.5 Å². The molecular formula is C22H20Cl2N4O. The van der Waals surface area contributed by atoms with Crippen LogP contribution in [0.25, 0.3) is 0 Å². The van der Waals surface area contributed by atoms with E-state index in [4.69, 9.17) is 23.2 Å². The van der Waals surface area contributed by atoms with E-state index in [-0.39, 0.29) is 5.78 Å². The molecule has 7 heteroatoms. The summed E-state index contributed by atoms with van der Waals surface area (Å²) in [5.74, 6) is 0.946. The van der Waals surface area contributed by atoms with Crippen LogP contribution < -0.4 is 10.6 Å². The van der Waals surface area contributed by atoms with Gasteiger partial charge in [0.15, 0.2) is 5.78 Å². The summed E-state index contributed by atoms with van der Waals surface area (Å²) < 4.78 is 0. The van der Waals surface area contributed by atoms with Crippen LogP contribution in [0.15, 0.2) is 36.4 Å². The number of Topliss-reactive ketones (excluding diaryl/α,β-unsaturated/α-hetero) is 1. The van der Waals surface area contributed by atoms with Gasteiger partial charge in [-0.15, -0.1) is 0 Å². The van der Waals surface area contributed by atoms with E-state index in [1.165, 1.54) is 11.1 Å². The zero-order valence-electron chi connectivity index (χ0n) is 16.1. The van der Waals surface area contributed by atoms with Crippen LogP contribution in [0, 0.1) is 13.8 Å². The number of carbonyl (C=O) groups is 1. The molecule has 0 saturated carbocycles. The summed E-state index contributed by atoms with van der Waals surface area (Å²) in [5.41, 5.74) is 5.24. The highest BCUT2D eigenvalue weighted by atomic mass is 35.5. The van der Waals surface area contributed by atoms with Crippen molar-refractivity contribution in [2.75, 3.05) is 10.6 Å². The van der Waals surface area contributed by atoms with Gasteiger partial charge in [0.05, 0.1) is 11.3 Å². The number of rotatable bonds is 4. The summed E-state index contributed by atoms with van der Waals surface area (Å²) in [7, 11) is 0. The van der Waals surface area contributed by atoms with Gasteiger partial charge in [0.25, 0.3) is 0 Å². The first kappa shape index (κ1) is 19.7. The molecule has 148 valence electrons. The second kappa shape index (κ2) is 8.01. The third-order valence-electron chi connectivity index (χ3n) is 4.97. The Bertz CT molecular complexity index is 1090. The van der Waals surface area contributed by atoms with E-state index in [1.54, 1.807) is 18.2 Å². The molecule has 1 heterocycles. The SMILES string of the molecule is Cc1ccc(Nc2nc3c(c(Nc4cc(Cl)cc(Cl)c4)n2)C(=O)CCC3)cc1C. The molecule has 0 amide bonds. The van der Waals surface area contributed by atoms with Gasteiger partial charge in [0, 0.05) is 27.8 Å². The fraction of sp³-hybridized carbons (Fsp3) is 0.227. The zero-order valence-corrected chi connectivity index (χ0v) is 17.7. The van der Waals surface area contributed by atoms with Crippen LogP contribution in [0.3, 0.4) is 0 Å². The van der Waals surface area contributed by atoms with Crippen LogP contribution in [-0.4, -0.2) is 15.8 Å². The van der Waals surface area contributed by atoms with Crippen LogP contribution in [0.5, 0.6) is 0 Å². The van der Waals surface area contributed by atoms with E-state index < -0.39 is 0 Å². The summed E-state index contributed by atoms with van der Waals surface area (Å²) in [6, 6.07) is 11.2. The van der Waals surface area contributed by atoms with Crippen molar-refractivity contribution in [3.63, 3.8) is 0 Å². The normalized spacial score (nSPS) is 13.2. The van der Waals surface area contributed by atoms with Gasteiger partial charge in [-0.3, -0.25) is 4.79 Å². The molecule has 0 spiro atoms. The number of halogens is 2. The smallest absolute Gasteiger partial charge is 0.229 e. The lowest BCUT2D eigenvalue weighted by Crippen LogP contribution is -2.17. The second-order valence-electron chi connectivity index (χ2n) is 7.20. The van der Waals surface area contributed by atoms with E-state index >= 15 is 0 Å². The first-order valence-corrected chi connectivity index (χ1v) is 10.2. The number of fused-ring (bicyclic) bond motifs is 1. The minimum atomic E-state index is 0.0413. The molecule has 3 aromatic rings. The number of hydrogen-bond donors (Lipinski definition) is 2. The third-order valence-corrected chi connectivity index (χ3v) is 5.40. The minimum absolute atomic E-state index is 0.0413. The van der Waals surface area contributed by atoms with E-state index in [0.717, 1.165) is 24.2 Å². The van der Waals surface area contributed by atoms with Gasteiger partial charge >= 0.3 is 0 Å². The summed E-state index contributed by atoms with van der Waals surface area (Å²) in [4.78, 5) is 21.8. The van der Waals surface area contributed by atoms with Gasteiger partial charge in [-0.05, 0) is 68.1 Å². The number of aromatic nitrogens is 2. The Morgan fingerprint density at radius 1 is 0.862 bits per heavy atom. The van der Waals surface area contributed by atoms with Crippen molar-refractivity contribution in [1.29, 1.82) is 0 Å². The minimum Gasteiger partial charge on any atom is -0.339 e. The number of hydrogen-bond acceptors (Lipinski definition) is 5. The standard InChI is InChI=1S/C22H20Cl2N4O/c1-12-6-7-16(8-13(12)2)26-22-27-18-4-3-5-19(29)20(18)21(28-22)25-17-10-14(23)9-15(24)11-17/h6-11H,3-5H2,1-2H3,(H2,25,26,27,28). The molecule has 0 unspecified atom stereocenters. The highest BCUT2D eigenvalue weighted by Gasteiger charge is 2.25. The quantitative estimate of drug-likeness (QED) is 0.504. The van der Waals surface area contributed by atoms with Crippen molar-refractivity contribution >= 4 is 52.1 Å². The Kier molecular flexibility index (Phi) is 5.43. The molecule has 1 aliphatic rings. The lowest BCUT2D eigenvalue weighted by atomic mass is 9.95. The van der Waals surface area contributed by atoms with Crippen LogP contribution in [0.1, 0.15) is 40.0 Å². The third kappa shape index (κ3) is 4.36. The van der Waals surface area contributed by atoms with E-state index in [1.807, 2.05) is 18.2 Å².